The Hall–Kier alpha value is -1.03. The molecular formula is C16H18IO+. The van der Waals surface area contributed by atoms with Crippen LogP contribution in [0.2, 0.25) is 0 Å². The van der Waals surface area contributed by atoms with Gasteiger partial charge < -0.3 is 4.74 Å². The lowest BCUT2D eigenvalue weighted by Crippen LogP contribution is -3.62. The van der Waals surface area contributed by atoms with Crippen molar-refractivity contribution in [3.8, 4) is 5.75 Å². The van der Waals surface area contributed by atoms with Gasteiger partial charge in [0.05, 0.1) is 7.11 Å². The first kappa shape index (κ1) is 13.4. The molecule has 0 radical (unpaired) electrons. The fourth-order valence-electron chi connectivity index (χ4n) is 2.07. The lowest BCUT2D eigenvalue weighted by molar-refractivity contribution is -0.598. The van der Waals surface area contributed by atoms with Crippen LogP contribution in [0.3, 0.4) is 0 Å². The first-order valence-electron chi connectivity index (χ1n) is 5.97. The molecule has 2 aromatic carbocycles. The monoisotopic (exact) mass is 353 g/mol. The third-order valence-corrected chi connectivity index (χ3v) is 6.35. The van der Waals surface area contributed by atoms with E-state index in [0.717, 1.165) is 5.75 Å². The van der Waals surface area contributed by atoms with E-state index in [4.69, 9.17) is 4.74 Å². The summed E-state index contributed by atoms with van der Waals surface area (Å²) in [5.41, 5.74) is 4.19. The van der Waals surface area contributed by atoms with Crippen molar-refractivity contribution in [3.05, 3.63) is 60.2 Å². The minimum atomic E-state index is -0.130. The van der Waals surface area contributed by atoms with Crippen molar-refractivity contribution in [2.24, 2.45) is 0 Å². The highest BCUT2D eigenvalue weighted by Gasteiger charge is 2.21. The normalized spacial score (nSPS) is 10.4. The maximum atomic E-state index is 5.29. The molecule has 0 N–H and O–H groups in total. The number of benzene rings is 2. The van der Waals surface area contributed by atoms with Crippen LogP contribution in [-0.4, -0.2) is 7.11 Å². The molecule has 0 amide bonds. The summed E-state index contributed by atoms with van der Waals surface area (Å²) in [6.45, 7) is 6.60. The van der Waals surface area contributed by atoms with Crippen LogP contribution >= 0.6 is 0 Å². The fraction of sp³-hybridized carbons (Fsp3) is 0.250. The van der Waals surface area contributed by atoms with Crippen LogP contribution in [-0.2, 0) is 0 Å². The lowest BCUT2D eigenvalue weighted by atomic mass is 10.1. The minimum Gasteiger partial charge on any atom is -0.497 e. The molecule has 0 heterocycles. The quantitative estimate of drug-likeness (QED) is 0.740. The van der Waals surface area contributed by atoms with Gasteiger partial charge in [0.25, 0.3) is 0 Å². The molecule has 94 valence electrons. The maximum Gasteiger partial charge on any atom is 0.358 e. The Labute approximate surface area is 119 Å². The van der Waals surface area contributed by atoms with Crippen molar-refractivity contribution >= 4 is 0 Å². The van der Waals surface area contributed by atoms with Crippen molar-refractivity contribution in [2.75, 3.05) is 7.11 Å². The molecule has 2 heteroatoms. The summed E-state index contributed by atoms with van der Waals surface area (Å²) < 4.78 is 8.23. The number of aryl methyl sites for hydroxylation is 3. The highest BCUT2D eigenvalue weighted by molar-refractivity contribution is 5.27. The second-order valence-electron chi connectivity index (χ2n) is 4.47. The van der Waals surface area contributed by atoms with E-state index in [2.05, 4.69) is 51.1 Å². The van der Waals surface area contributed by atoms with Crippen LogP contribution in [0.15, 0.2) is 36.4 Å². The molecule has 0 atom stereocenters. The van der Waals surface area contributed by atoms with Crippen LogP contribution in [0.1, 0.15) is 16.7 Å². The number of ether oxygens (including phenoxy) is 1. The van der Waals surface area contributed by atoms with Gasteiger partial charge in [-0.25, -0.2) is 0 Å². The van der Waals surface area contributed by atoms with E-state index in [0.29, 0.717) is 0 Å². The van der Waals surface area contributed by atoms with Gasteiger partial charge in [-0.1, -0.05) is 23.8 Å². The Morgan fingerprint density at radius 3 is 2.22 bits per heavy atom. The molecule has 0 aliphatic carbocycles. The molecule has 0 spiro atoms. The van der Waals surface area contributed by atoms with E-state index in [1.165, 1.54) is 23.8 Å². The van der Waals surface area contributed by atoms with Gasteiger partial charge in [-0.15, -0.1) is 0 Å². The average Bonchev–Trinajstić information content (AvgIpc) is 2.34. The molecule has 18 heavy (non-hydrogen) atoms. The predicted molar refractivity (Wildman–Crippen MR) is 71.0 cm³/mol. The van der Waals surface area contributed by atoms with Gasteiger partial charge in [-0.2, -0.15) is 0 Å². The third kappa shape index (κ3) is 3.05. The van der Waals surface area contributed by atoms with Crippen molar-refractivity contribution in [1.82, 2.24) is 0 Å². The zero-order valence-corrected chi connectivity index (χ0v) is 13.4. The summed E-state index contributed by atoms with van der Waals surface area (Å²) in [5, 5.41) is 0. The van der Waals surface area contributed by atoms with Gasteiger partial charge in [0.1, 0.15) is 5.75 Å². The third-order valence-electron chi connectivity index (χ3n) is 2.82. The highest BCUT2D eigenvalue weighted by Crippen LogP contribution is 2.09. The number of halogens is 1. The van der Waals surface area contributed by atoms with E-state index in [1.54, 1.807) is 7.11 Å². The second kappa shape index (κ2) is 5.74. The fourth-order valence-corrected chi connectivity index (χ4v) is 4.71. The van der Waals surface area contributed by atoms with Gasteiger partial charge in [-0.3, -0.25) is 0 Å². The first-order valence-corrected chi connectivity index (χ1v) is 8.12. The molecule has 0 aromatic heterocycles. The average molecular weight is 353 g/mol. The molecule has 0 aliphatic heterocycles. The number of hydrogen-bond donors (Lipinski definition) is 0. The van der Waals surface area contributed by atoms with Crippen LogP contribution in [0, 0.1) is 27.9 Å². The summed E-state index contributed by atoms with van der Waals surface area (Å²) in [6.07, 6.45) is 0. The Kier molecular flexibility index (Phi) is 4.27. The SMILES string of the molecule is COc1cccc([I+]c2c(C)cc(C)cc2C)c1. The van der Waals surface area contributed by atoms with Crippen molar-refractivity contribution in [1.29, 1.82) is 0 Å². The minimum absolute atomic E-state index is 0.130. The number of hydrogen-bond acceptors (Lipinski definition) is 1. The van der Waals surface area contributed by atoms with Crippen LogP contribution in [0.4, 0.5) is 0 Å². The molecule has 2 aromatic rings. The van der Waals surface area contributed by atoms with Crippen molar-refractivity contribution in [2.45, 2.75) is 20.8 Å². The standard InChI is InChI=1S/C16H18IO/c1-11-8-12(2)16(13(3)9-11)17-14-6-5-7-15(10-14)18-4/h5-10H,1-4H3/q+1. The Morgan fingerprint density at radius 2 is 1.61 bits per heavy atom. The molecular weight excluding hydrogens is 335 g/mol. The molecule has 0 aliphatic rings. The number of methoxy groups -OCH3 is 1. The summed E-state index contributed by atoms with van der Waals surface area (Å²) in [5.74, 6) is 0.953. The maximum absolute atomic E-state index is 5.29. The van der Waals surface area contributed by atoms with E-state index in [1.807, 2.05) is 6.07 Å². The lowest BCUT2D eigenvalue weighted by Gasteiger charge is -2.01. The highest BCUT2D eigenvalue weighted by atomic mass is 127. The molecule has 1 nitrogen and oxygen atoms in total. The van der Waals surface area contributed by atoms with Gasteiger partial charge >= 0.3 is 21.2 Å². The van der Waals surface area contributed by atoms with E-state index < -0.39 is 0 Å². The molecule has 0 fully saturated rings. The second-order valence-corrected chi connectivity index (χ2v) is 7.33. The van der Waals surface area contributed by atoms with Crippen molar-refractivity contribution in [3.63, 3.8) is 0 Å². The Morgan fingerprint density at radius 1 is 0.944 bits per heavy atom. The summed E-state index contributed by atoms with van der Waals surface area (Å²) in [7, 11) is 1.72. The smallest absolute Gasteiger partial charge is 0.358 e. The molecule has 2 rings (SSSR count). The van der Waals surface area contributed by atoms with E-state index in [-0.39, 0.29) is 21.2 Å². The van der Waals surface area contributed by atoms with E-state index in [9.17, 15) is 0 Å². The Bertz CT molecular complexity index is 538. The zero-order valence-electron chi connectivity index (χ0n) is 11.3. The first-order chi connectivity index (χ1) is 8.60. The van der Waals surface area contributed by atoms with E-state index >= 15 is 0 Å². The molecule has 0 unspecified atom stereocenters. The molecule has 0 bridgehead atoms. The van der Waals surface area contributed by atoms with Gasteiger partial charge in [0, 0.05) is 17.2 Å². The predicted octanol–water partition coefficient (Wildman–Crippen LogP) is 0.749. The summed E-state index contributed by atoms with van der Waals surface area (Å²) in [6, 6.07) is 13.0. The van der Waals surface area contributed by atoms with Crippen LogP contribution in [0.5, 0.6) is 5.75 Å². The van der Waals surface area contributed by atoms with Gasteiger partial charge in [0.2, 0.25) is 0 Å². The molecule has 0 saturated carbocycles. The van der Waals surface area contributed by atoms with Crippen LogP contribution in [0.25, 0.3) is 0 Å². The van der Waals surface area contributed by atoms with Gasteiger partial charge in [0.15, 0.2) is 7.14 Å². The summed E-state index contributed by atoms with van der Waals surface area (Å²) >= 11 is -0.130. The zero-order chi connectivity index (χ0) is 13.1. The Balaban J connectivity index is 2.33. The van der Waals surface area contributed by atoms with Gasteiger partial charge in [-0.05, 0) is 32.9 Å². The van der Waals surface area contributed by atoms with Crippen LogP contribution < -0.4 is 25.9 Å². The molecule has 0 saturated heterocycles. The largest absolute Gasteiger partial charge is 0.497 e. The van der Waals surface area contributed by atoms with Crippen molar-refractivity contribution < 1.29 is 25.9 Å². The summed E-state index contributed by atoms with van der Waals surface area (Å²) in [4.78, 5) is 0. The topological polar surface area (TPSA) is 9.23 Å². The number of rotatable bonds is 3.